The maximum Gasteiger partial charge on any atom is 0.416 e. The molecule has 2 aromatic rings. The maximum atomic E-state index is 12.9. The summed E-state index contributed by atoms with van der Waals surface area (Å²) in [7, 11) is 0. The molecule has 3 nitrogen and oxygen atoms in total. The van der Waals surface area contributed by atoms with Crippen LogP contribution < -0.4 is 14.8 Å². The fourth-order valence-electron chi connectivity index (χ4n) is 2.56. The van der Waals surface area contributed by atoms with Gasteiger partial charge < -0.3 is 14.8 Å². The van der Waals surface area contributed by atoms with Gasteiger partial charge in [-0.2, -0.15) is 13.2 Å². The van der Waals surface area contributed by atoms with E-state index >= 15 is 0 Å². The second kappa shape index (κ2) is 6.96. The van der Waals surface area contributed by atoms with Gasteiger partial charge in [-0.05, 0) is 49.2 Å². The molecule has 1 aliphatic rings. The first kappa shape index (κ1) is 17.6. The lowest BCUT2D eigenvalue weighted by Gasteiger charge is -2.29. The first-order valence-corrected chi connectivity index (χ1v) is 8.15. The second-order valence-corrected chi connectivity index (χ2v) is 6.23. The number of hydrogen-bond acceptors (Lipinski definition) is 3. The standard InChI is InChI=1S/C19H20F3NO2/c1-12-6-7-17(18(8-12)25-16-10-23-11-16)24-13(2)14-4-3-5-15(9-14)19(20,21)22/h3-9,13,16,23H,10-11H2,1-2H3/t13-/m1/s1. The van der Waals surface area contributed by atoms with Crippen molar-refractivity contribution in [3.63, 3.8) is 0 Å². The van der Waals surface area contributed by atoms with Gasteiger partial charge in [0.1, 0.15) is 12.2 Å². The monoisotopic (exact) mass is 351 g/mol. The summed E-state index contributed by atoms with van der Waals surface area (Å²) in [5.41, 5.74) is 0.814. The highest BCUT2D eigenvalue weighted by molar-refractivity contribution is 5.43. The van der Waals surface area contributed by atoms with E-state index < -0.39 is 17.8 Å². The Morgan fingerprint density at radius 1 is 1.08 bits per heavy atom. The molecular formula is C19H20F3NO2. The molecule has 1 N–H and O–H groups in total. The minimum Gasteiger partial charge on any atom is -0.484 e. The van der Waals surface area contributed by atoms with Crippen molar-refractivity contribution in [2.75, 3.05) is 13.1 Å². The van der Waals surface area contributed by atoms with Gasteiger partial charge in [-0.25, -0.2) is 0 Å². The van der Waals surface area contributed by atoms with Crippen molar-refractivity contribution in [3.05, 3.63) is 59.2 Å². The van der Waals surface area contributed by atoms with E-state index in [1.807, 2.05) is 19.1 Å². The number of halogens is 3. The fraction of sp³-hybridized carbons (Fsp3) is 0.368. The molecule has 0 saturated carbocycles. The minimum absolute atomic E-state index is 0.0908. The molecule has 0 unspecified atom stereocenters. The number of hydrogen-bond donors (Lipinski definition) is 1. The van der Waals surface area contributed by atoms with Crippen LogP contribution in [-0.4, -0.2) is 19.2 Å². The predicted octanol–water partition coefficient (Wildman–Crippen LogP) is 4.50. The quantitative estimate of drug-likeness (QED) is 0.860. The summed E-state index contributed by atoms with van der Waals surface area (Å²) in [5.74, 6) is 1.15. The van der Waals surface area contributed by atoms with Gasteiger partial charge in [-0.1, -0.05) is 18.2 Å². The average Bonchev–Trinajstić information content (AvgIpc) is 2.52. The van der Waals surface area contributed by atoms with Gasteiger partial charge >= 0.3 is 6.18 Å². The molecule has 0 spiro atoms. The van der Waals surface area contributed by atoms with Crippen LogP contribution in [0.15, 0.2) is 42.5 Å². The summed E-state index contributed by atoms with van der Waals surface area (Å²) in [4.78, 5) is 0. The average molecular weight is 351 g/mol. The van der Waals surface area contributed by atoms with E-state index in [1.54, 1.807) is 19.1 Å². The zero-order valence-electron chi connectivity index (χ0n) is 14.1. The molecule has 1 fully saturated rings. The summed E-state index contributed by atoms with van der Waals surface area (Å²) in [6, 6.07) is 10.8. The molecule has 1 atom stereocenters. The number of rotatable bonds is 5. The van der Waals surface area contributed by atoms with Crippen LogP contribution in [0.5, 0.6) is 11.5 Å². The molecule has 134 valence electrons. The Kier molecular flexibility index (Phi) is 4.90. The molecular weight excluding hydrogens is 331 g/mol. The van der Waals surface area contributed by atoms with Gasteiger partial charge in [0.25, 0.3) is 0 Å². The summed E-state index contributed by atoms with van der Waals surface area (Å²) in [5, 5.41) is 3.13. The van der Waals surface area contributed by atoms with Crippen LogP contribution in [0.4, 0.5) is 13.2 Å². The number of benzene rings is 2. The van der Waals surface area contributed by atoms with Crippen molar-refractivity contribution in [2.24, 2.45) is 0 Å². The van der Waals surface area contributed by atoms with Crippen molar-refractivity contribution in [1.82, 2.24) is 5.32 Å². The first-order valence-electron chi connectivity index (χ1n) is 8.15. The van der Waals surface area contributed by atoms with E-state index in [9.17, 15) is 13.2 Å². The van der Waals surface area contributed by atoms with Crippen molar-refractivity contribution < 1.29 is 22.6 Å². The SMILES string of the molecule is Cc1ccc(O[C@H](C)c2cccc(C(F)(F)F)c2)c(OC2CNC2)c1. The topological polar surface area (TPSA) is 30.5 Å². The molecule has 0 aliphatic carbocycles. The van der Waals surface area contributed by atoms with E-state index in [4.69, 9.17) is 9.47 Å². The number of aryl methyl sites for hydroxylation is 1. The van der Waals surface area contributed by atoms with Crippen molar-refractivity contribution in [1.29, 1.82) is 0 Å². The lowest BCUT2D eigenvalue weighted by Crippen LogP contribution is -2.50. The Morgan fingerprint density at radius 3 is 2.48 bits per heavy atom. The molecule has 0 aromatic heterocycles. The van der Waals surface area contributed by atoms with E-state index in [2.05, 4.69) is 5.32 Å². The molecule has 6 heteroatoms. The minimum atomic E-state index is -4.37. The van der Waals surface area contributed by atoms with Crippen molar-refractivity contribution in [3.8, 4) is 11.5 Å². The molecule has 1 aliphatic heterocycles. The normalized spacial score (nSPS) is 16.2. The lowest BCUT2D eigenvalue weighted by atomic mass is 10.1. The Hall–Kier alpha value is -2.21. The van der Waals surface area contributed by atoms with Crippen LogP contribution >= 0.6 is 0 Å². The molecule has 3 rings (SSSR count). The Morgan fingerprint density at radius 2 is 1.84 bits per heavy atom. The highest BCUT2D eigenvalue weighted by Gasteiger charge is 2.31. The van der Waals surface area contributed by atoms with E-state index in [0.717, 1.165) is 30.8 Å². The van der Waals surface area contributed by atoms with Crippen LogP contribution in [-0.2, 0) is 6.18 Å². The molecule has 1 saturated heterocycles. The molecule has 2 aromatic carbocycles. The van der Waals surface area contributed by atoms with Gasteiger partial charge in [0, 0.05) is 13.1 Å². The van der Waals surface area contributed by atoms with E-state index in [0.29, 0.717) is 17.1 Å². The Balaban J connectivity index is 1.79. The van der Waals surface area contributed by atoms with Crippen LogP contribution in [0.1, 0.15) is 29.7 Å². The first-order chi connectivity index (χ1) is 11.8. The van der Waals surface area contributed by atoms with Gasteiger partial charge in [0.05, 0.1) is 5.56 Å². The largest absolute Gasteiger partial charge is 0.484 e. The third-order valence-electron chi connectivity index (χ3n) is 4.12. The Labute approximate surface area is 144 Å². The summed E-state index contributed by atoms with van der Waals surface area (Å²) in [6.45, 7) is 5.23. The molecule has 0 amide bonds. The van der Waals surface area contributed by atoms with Crippen molar-refractivity contribution >= 4 is 0 Å². The lowest BCUT2D eigenvalue weighted by molar-refractivity contribution is -0.137. The zero-order chi connectivity index (χ0) is 18.0. The van der Waals surface area contributed by atoms with Crippen LogP contribution in [0, 0.1) is 6.92 Å². The van der Waals surface area contributed by atoms with E-state index in [1.165, 1.54) is 6.07 Å². The second-order valence-electron chi connectivity index (χ2n) is 6.23. The smallest absolute Gasteiger partial charge is 0.416 e. The van der Waals surface area contributed by atoms with Crippen LogP contribution in [0.3, 0.4) is 0 Å². The summed E-state index contributed by atoms with van der Waals surface area (Å²) >= 11 is 0. The Bertz CT molecular complexity index is 742. The summed E-state index contributed by atoms with van der Waals surface area (Å²) in [6.07, 6.45) is -4.81. The predicted molar refractivity (Wildman–Crippen MR) is 89.0 cm³/mol. The molecule has 0 radical (unpaired) electrons. The number of ether oxygens (including phenoxy) is 2. The van der Waals surface area contributed by atoms with Gasteiger partial charge in [-0.3, -0.25) is 0 Å². The zero-order valence-corrected chi connectivity index (χ0v) is 14.1. The summed E-state index contributed by atoms with van der Waals surface area (Å²) < 4.78 is 50.5. The van der Waals surface area contributed by atoms with Crippen molar-refractivity contribution in [2.45, 2.75) is 32.2 Å². The highest BCUT2D eigenvalue weighted by atomic mass is 19.4. The fourth-order valence-corrected chi connectivity index (χ4v) is 2.56. The molecule has 1 heterocycles. The highest BCUT2D eigenvalue weighted by Crippen LogP contribution is 2.35. The molecule has 25 heavy (non-hydrogen) atoms. The third kappa shape index (κ3) is 4.25. The molecule has 0 bridgehead atoms. The van der Waals surface area contributed by atoms with Gasteiger partial charge in [0.15, 0.2) is 11.5 Å². The maximum absolute atomic E-state index is 12.9. The van der Waals surface area contributed by atoms with Gasteiger partial charge in [0.2, 0.25) is 0 Å². The number of alkyl halides is 3. The van der Waals surface area contributed by atoms with Gasteiger partial charge in [-0.15, -0.1) is 0 Å². The third-order valence-corrected chi connectivity index (χ3v) is 4.12. The van der Waals surface area contributed by atoms with E-state index in [-0.39, 0.29) is 6.10 Å². The van der Waals surface area contributed by atoms with Crippen LogP contribution in [0.25, 0.3) is 0 Å². The van der Waals surface area contributed by atoms with Crippen LogP contribution in [0.2, 0.25) is 0 Å². The number of nitrogens with one attached hydrogen (secondary N) is 1.